The number of amides is 1. The van der Waals surface area contributed by atoms with Crippen molar-refractivity contribution in [1.29, 1.82) is 0 Å². The molecule has 0 aliphatic carbocycles. The Hall–Kier alpha value is -1.71. The lowest BCUT2D eigenvalue weighted by Crippen LogP contribution is -2.34. The predicted octanol–water partition coefficient (Wildman–Crippen LogP) is 4.49. The largest absolute Gasteiger partial charge is 0.399 e. The second-order valence-corrected chi connectivity index (χ2v) is 6.14. The summed E-state index contributed by atoms with van der Waals surface area (Å²) >= 11 is 11.8. The van der Waals surface area contributed by atoms with Gasteiger partial charge in [-0.3, -0.25) is 4.79 Å². The van der Waals surface area contributed by atoms with Gasteiger partial charge in [0.25, 0.3) is 0 Å². The molecule has 3 N–H and O–H groups in total. The number of halogens is 2. The number of benzene rings is 2. The Kier molecular flexibility index (Phi) is 4.45. The second-order valence-electron chi connectivity index (χ2n) is 5.33. The summed E-state index contributed by atoms with van der Waals surface area (Å²) in [7, 11) is 0. The summed E-state index contributed by atoms with van der Waals surface area (Å²) in [5, 5.41) is 3.70. The van der Waals surface area contributed by atoms with Crippen LogP contribution in [0.3, 0.4) is 0 Å². The molecular weight excluding hydrogens is 307 g/mol. The van der Waals surface area contributed by atoms with Crippen LogP contribution in [0, 0.1) is 0 Å². The van der Waals surface area contributed by atoms with E-state index in [-0.39, 0.29) is 5.91 Å². The van der Waals surface area contributed by atoms with E-state index in [1.165, 1.54) is 0 Å². The molecule has 1 amide bonds. The third kappa shape index (κ3) is 3.49. The van der Waals surface area contributed by atoms with Crippen LogP contribution in [-0.2, 0) is 10.2 Å². The Balaban J connectivity index is 2.21. The SMILES string of the molecule is CC(C)(C(=O)Nc1ccc(Cl)c(Cl)c1)c1ccc(N)cc1. The van der Waals surface area contributed by atoms with E-state index in [1.807, 2.05) is 26.0 Å². The van der Waals surface area contributed by atoms with Crippen LogP contribution in [0.15, 0.2) is 42.5 Å². The summed E-state index contributed by atoms with van der Waals surface area (Å²) in [5.41, 5.74) is 7.14. The van der Waals surface area contributed by atoms with Crippen LogP contribution >= 0.6 is 23.2 Å². The van der Waals surface area contributed by atoms with E-state index in [0.717, 1.165) is 5.56 Å². The summed E-state index contributed by atoms with van der Waals surface area (Å²) in [6.45, 7) is 3.71. The molecular formula is C16H16Cl2N2O. The number of nitrogens with one attached hydrogen (secondary N) is 1. The zero-order chi connectivity index (χ0) is 15.6. The molecule has 0 unspecified atom stereocenters. The standard InChI is InChI=1S/C16H16Cl2N2O/c1-16(2,10-3-5-11(19)6-4-10)15(21)20-12-7-8-13(17)14(18)9-12/h3-9H,19H2,1-2H3,(H,20,21). The van der Waals surface area contributed by atoms with Crippen molar-refractivity contribution in [1.82, 2.24) is 0 Å². The number of hydrogen-bond donors (Lipinski definition) is 2. The van der Waals surface area contributed by atoms with Crippen molar-refractivity contribution in [3.63, 3.8) is 0 Å². The zero-order valence-corrected chi connectivity index (χ0v) is 13.3. The molecule has 3 nitrogen and oxygen atoms in total. The van der Waals surface area contributed by atoms with Gasteiger partial charge in [-0.05, 0) is 49.7 Å². The average molecular weight is 323 g/mol. The van der Waals surface area contributed by atoms with Crippen LogP contribution < -0.4 is 11.1 Å². The lowest BCUT2D eigenvalue weighted by Gasteiger charge is -2.24. The van der Waals surface area contributed by atoms with Crippen molar-refractivity contribution < 1.29 is 4.79 Å². The van der Waals surface area contributed by atoms with Crippen LogP contribution in [0.25, 0.3) is 0 Å². The number of hydrogen-bond acceptors (Lipinski definition) is 2. The summed E-state index contributed by atoms with van der Waals surface area (Å²) in [5.74, 6) is -0.134. The van der Waals surface area contributed by atoms with Gasteiger partial charge in [0, 0.05) is 11.4 Å². The van der Waals surface area contributed by atoms with Crippen molar-refractivity contribution >= 4 is 40.5 Å². The molecule has 0 saturated heterocycles. The molecule has 2 rings (SSSR count). The first-order chi connectivity index (χ1) is 9.80. The first-order valence-corrected chi connectivity index (χ1v) is 7.19. The minimum absolute atomic E-state index is 0.134. The van der Waals surface area contributed by atoms with Crippen molar-refractivity contribution in [2.75, 3.05) is 11.1 Å². The van der Waals surface area contributed by atoms with Gasteiger partial charge in [0.2, 0.25) is 5.91 Å². The molecule has 0 aliphatic heterocycles. The number of anilines is 2. The van der Waals surface area contributed by atoms with E-state index in [2.05, 4.69) is 5.32 Å². The molecule has 2 aromatic carbocycles. The Morgan fingerprint density at radius 3 is 2.24 bits per heavy atom. The Labute approximate surface area is 134 Å². The number of nitrogen functional groups attached to an aromatic ring is 1. The van der Waals surface area contributed by atoms with Gasteiger partial charge < -0.3 is 11.1 Å². The van der Waals surface area contributed by atoms with Crippen LogP contribution in [0.5, 0.6) is 0 Å². The van der Waals surface area contributed by atoms with E-state index in [4.69, 9.17) is 28.9 Å². The molecule has 0 aromatic heterocycles. The van der Waals surface area contributed by atoms with Crippen molar-refractivity contribution in [3.8, 4) is 0 Å². The van der Waals surface area contributed by atoms with Crippen molar-refractivity contribution in [2.45, 2.75) is 19.3 Å². The lowest BCUT2D eigenvalue weighted by atomic mass is 9.83. The van der Waals surface area contributed by atoms with Gasteiger partial charge in [0.1, 0.15) is 0 Å². The quantitative estimate of drug-likeness (QED) is 0.818. The Morgan fingerprint density at radius 2 is 1.67 bits per heavy atom. The van der Waals surface area contributed by atoms with Crippen molar-refractivity contribution in [3.05, 3.63) is 58.1 Å². The van der Waals surface area contributed by atoms with Gasteiger partial charge in [-0.1, -0.05) is 35.3 Å². The number of carbonyl (C=O) groups is 1. The highest BCUT2D eigenvalue weighted by Gasteiger charge is 2.29. The number of nitrogens with two attached hydrogens (primary N) is 1. The van der Waals surface area contributed by atoms with E-state index in [0.29, 0.717) is 21.4 Å². The molecule has 0 fully saturated rings. The average Bonchev–Trinajstić information content (AvgIpc) is 2.43. The normalized spacial score (nSPS) is 11.2. The van der Waals surface area contributed by atoms with Gasteiger partial charge in [0.15, 0.2) is 0 Å². The molecule has 0 aliphatic rings. The van der Waals surface area contributed by atoms with E-state index in [9.17, 15) is 4.79 Å². The molecule has 0 atom stereocenters. The second kappa shape index (κ2) is 5.96. The summed E-state index contributed by atoms with van der Waals surface area (Å²) < 4.78 is 0. The van der Waals surface area contributed by atoms with Crippen LogP contribution in [-0.4, -0.2) is 5.91 Å². The topological polar surface area (TPSA) is 55.1 Å². The summed E-state index contributed by atoms with van der Waals surface area (Å²) in [4.78, 5) is 12.5. The Morgan fingerprint density at radius 1 is 1.05 bits per heavy atom. The third-order valence-corrected chi connectivity index (χ3v) is 4.12. The highest BCUT2D eigenvalue weighted by atomic mass is 35.5. The fourth-order valence-corrected chi connectivity index (χ4v) is 2.19. The highest BCUT2D eigenvalue weighted by molar-refractivity contribution is 6.42. The molecule has 21 heavy (non-hydrogen) atoms. The van der Waals surface area contributed by atoms with Crippen LogP contribution in [0.2, 0.25) is 10.0 Å². The van der Waals surface area contributed by atoms with Crippen molar-refractivity contribution in [2.24, 2.45) is 0 Å². The van der Waals surface area contributed by atoms with E-state index < -0.39 is 5.41 Å². The molecule has 0 saturated carbocycles. The van der Waals surface area contributed by atoms with Gasteiger partial charge in [0.05, 0.1) is 15.5 Å². The maximum absolute atomic E-state index is 12.5. The zero-order valence-electron chi connectivity index (χ0n) is 11.8. The van der Waals surface area contributed by atoms with Crippen LogP contribution in [0.1, 0.15) is 19.4 Å². The van der Waals surface area contributed by atoms with Gasteiger partial charge in [-0.15, -0.1) is 0 Å². The maximum atomic E-state index is 12.5. The first-order valence-electron chi connectivity index (χ1n) is 6.43. The minimum atomic E-state index is -0.695. The highest BCUT2D eigenvalue weighted by Crippen LogP contribution is 2.28. The molecule has 0 heterocycles. The van der Waals surface area contributed by atoms with Crippen LogP contribution in [0.4, 0.5) is 11.4 Å². The van der Waals surface area contributed by atoms with E-state index >= 15 is 0 Å². The lowest BCUT2D eigenvalue weighted by molar-refractivity contribution is -0.120. The fourth-order valence-electron chi connectivity index (χ4n) is 1.89. The third-order valence-electron chi connectivity index (χ3n) is 3.38. The van der Waals surface area contributed by atoms with Gasteiger partial charge in [-0.25, -0.2) is 0 Å². The molecule has 0 spiro atoms. The smallest absolute Gasteiger partial charge is 0.234 e. The molecule has 110 valence electrons. The fraction of sp³-hybridized carbons (Fsp3) is 0.188. The van der Waals surface area contributed by atoms with E-state index in [1.54, 1.807) is 30.3 Å². The predicted molar refractivity (Wildman–Crippen MR) is 89.0 cm³/mol. The summed E-state index contributed by atoms with van der Waals surface area (Å²) in [6, 6.07) is 12.3. The molecule has 0 radical (unpaired) electrons. The molecule has 5 heteroatoms. The molecule has 2 aromatic rings. The van der Waals surface area contributed by atoms with Gasteiger partial charge >= 0.3 is 0 Å². The first kappa shape index (κ1) is 15.7. The number of rotatable bonds is 3. The van der Waals surface area contributed by atoms with Gasteiger partial charge in [-0.2, -0.15) is 0 Å². The Bertz CT molecular complexity index is 666. The molecule has 0 bridgehead atoms. The minimum Gasteiger partial charge on any atom is -0.399 e. The number of carbonyl (C=O) groups excluding carboxylic acids is 1. The maximum Gasteiger partial charge on any atom is 0.234 e. The monoisotopic (exact) mass is 322 g/mol. The summed E-state index contributed by atoms with van der Waals surface area (Å²) in [6.07, 6.45) is 0.